The normalized spacial score (nSPS) is 18.0. The Hall–Kier alpha value is -0.780. The molecule has 0 spiro atoms. The molecule has 1 aromatic rings. The fraction of sp³-hybridized carbons (Fsp3) is 0.538. The van der Waals surface area contributed by atoms with Crippen molar-refractivity contribution < 1.29 is 8.42 Å². The second kappa shape index (κ2) is 5.31. The van der Waals surface area contributed by atoms with Gasteiger partial charge in [0.2, 0.25) is 10.0 Å². The number of nitrogens with one attached hydrogen (secondary N) is 1. The van der Waals surface area contributed by atoms with Crippen LogP contribution >= 0.6 is 11.6 Å². The van der Waals surface area contributed by atoms with E-state index in [4.69, 9.17) is 17.3 Å². The van der Waals surface area contributed by atoms with E-state index >= 15 is 0 Å². The maximum Gasteiger partial charge on any atom is 0.240 e. The summed E-state index contributed by atoms with van der Waals surface area (Å²) in [6.45, 7) is 2.60. The summed E-state index contributed by atoms with van der Waals surface area (Å²) < 4.78 is 27.1. The van der Waals surface area contributed by atoms with Crippen molar-refractivity contribution in [2.45, 2.75) is 37.5 Å². The Balaban J connectivity index is 2.11. The van der Waals surface area contributed by atoms with Crippen LogP contribution in [0, 0.1) is 5.41 Å². The van der Waals surface area contributed by atoms with Crippen molar-refractivity contribution in [2.75, 3.05) is 12.3 Å². The summed E-state index contributed by atoms with van der Waals surface area (Å²) in [6.07, 6.45) is 4.37. The van der Waals surface area contributed by atoms with Gasteiger partial charge in [-0.2, -0.15) is 0 Å². The third-order valence-electron chi connectivity index (χ3n) is 4.08. The molecule has 0 saturated heterocycles. The molecule has 1 saturated carbocycles. The molecule has 2 rings (SSSR count). The summed E-state index contributed by atoms with van der Waals surface area (Å²) in [7, 11) is -3.51. The number of hydrogen-bond donors (Lipinski definition) is 2. The molecular formula is C13H19ClN2O2S. The van der Waals surface area contributed by atoms with Crippen LogP contribution in [-0.2, 0) is 10.0 Å². The second-order valence-corrected chi connectivity index (χ2v) is 7.39. The first-order valence-corrected chi connectivity index (χ1v) is 8.29. The molecule has 0 radical (unpaired) electrons. The summed E-state index contributed by atoms with van der Waals surface area (Å²) in [5.41, 5.74) is 6.10. The van der Waals surface area contributed by atoms with Crippen molar-refractivity contribution >= 4 is 27.3 Å². The molecule has 1 aliphatic carbocycles. The van der Waals surface area contributed by atoms with Crippen molar-refractivity contribution in [3.63, 3.8) is 0 Å². The maximum absolute atomic E-state index is 12.2. The topological polar surface area (TPSA) is 72.2 Å². The highest BCUT2D eigenvalue weighted by Crippen LogP contribution is 2.43. The lowest BCUT2D eigenvalue weighted by molar-refractivity contribution is 0.133. The van der Waals surface area contributed by atoms with Gasteiger partial charge in [-0.1, -0.05) is 24.9 Å². The van der Waals surface area contributed by atoms with E-state index in [1.807, 2.05) is 0 Å². The zero-order chi connectivity index (χ0) is 14.1. The minimum atomic E-state index is -3.51. The Labute approximate surface area is 119 Å². The fourth-order valence-electron chi connectivity index (χ4n) is 2.34. The quantitative estimate of drug-likeness (QED) is 0.822. The van der Waals surface area contributed by atoms with Gasteiger partial charge in [0.1, 0.15) is 0 Å². The Kier molecular flexibility index (Phi) is 4.08. The van der Waals surface area contributed by atoms with Crippen molar-refractivity contribution in [2.24, 2.45) is 5.41 Å². The van der Waals surface area contributed by atoms with Crippen LogP contribution in [0.2, 0.25) is 5.02 Å². The van der Waals surface area contributed by atoms with Gasteiger partial charge < -0.3 is 5.73 Å². The summed E-state index contributed by atoms with van der Waals surface area (Å²) in [5, 5.41) is 0.261. The van der Waals surface area contributed by atoms with Crippen LogP contribution in [0.4, 0.5) is 5.69 Å². The van der Waals surface area contributed by atoms with Gasteiger partial charge in [0.05, 0.1) is 15.6 Å². The molecule has 6 heteroatoms. The average Bonchev–Trinajstić information content (AvgIpc) is 2.31. The van der Waals surface area contributed by atoms with Gasteiger partial charge in [-0.05, 0) is 42.9 Å². The monoisotopic (exact) mass is 302 g/mol. The molecule has 1 aliphatic rings. The second-order valence-electron chi connectivity index (χ2n) is 5.21. The van der Waals surface area contributed by atoms with E-state index in [1.54, 1.807) is 0 Å². The summed E-state index contributed by atoms with van der Waals surface area (Å²) in [4.78, 5) is 0.164. The van der Waals surface area contributed by atoms with Crippen molar-refractivity contribution in [3.8, 4) is 0 Å². The van der Waals surface area contributed by atoms with Gasteiger partial charge in [0.25, 0.3) is 0 Å². The van der Waals surface area contributed by atoms with Gasteiger partial charge in [-0.25, -0.2) is 13.1 Å². The molecule has 1 aromatic carbocycles. The van der Waals surface area contributed by atoms with E-state index in [1.165, 1.54) is 24.6 Å². The summed E-state index contributed by atoms with van der Waals surface area (Å²) in [5.74, 6) is 0. The molecule has 0 amide bonds. The lowest BCUT2D eigenvalue weighted by Crippen LogP contribution is -2.41. The number of halogens is 1. The number of nitrogen functional groups attached to an aromatic ring is 1. The van der Waals surface area contributed by atoms with Crippen molar-refractivity contribution in [1.29, 1.82) is 0 Å². The molecule has 3 N–H and O–H groups in total. The smallest absolute Gasteiger partial charge is 0.240 e. The van der Waals surface area contributed by atoms with Crippen molar-refractivity contribution in [1.82, 2.24) is 4.72 Å². The number of anilines is 1. The van der Waals surface area contributed by atoms with Gasteiger partial charge in [-0.3, -0.25) is 0 Å². The first-order chi connectivity index (χ1) is 8.88. The third kappa shape index (κ3) is 3.04. The standard InChI is InChI=1S/C13H19ClN2O2S/c1-2-13(6-3-7-13)9-16-19(17,18)10-4-5-12(15)11(14)8-10/h4-5,8,16H,2-3,6-7,9,15H2,1H3. The zero-order valence-corrected chi connectivity index (χ0v) is 12.5. The first-order valence-electron chi connectivity index (χ1n) is 6.43. The SMILES string of the molecule is CCC1(CNS(=O)(=O)c2ccc(N)c(Cl)c2)CCC1. The molecule has 0 atom stereocenters. The van der Waals surface area contributed by atoms with Crippen LogP contribution in [0.25, 0.3) is 0 Å². The Morgan fingerprint density at radius 2 is 2.11 bits per heavy atom. The lowest BCUT2D eigenvalue weighted by Gasteiger charge is -2.41. The van der Waals surface area contributed by atoms with Crippen LogP contribution in [0.15, 0.2) is 23.1 Å². The summed E-state index contributed by atoms with van der Waals surface area (Å²) >= 11 is 5.86. The van der Waals surface area contributed by atoms with E-state index in [9.17, 15) is 8.42 Å². The van der Waals surface area contributed by atoms with Crippen LogP contribution < -0.4 is 10.5 Å². The van der Waals surface area contributed by atoms with Gasteiger partial charge >= 0.3 is 0 Å². The van der Waals surface area contributed by atoms with E-state index in [2.05, 4.69) is 11.6 Å². The van der Waals surface area contributed by atoms with Gasteiger partial charge in [0, 0.05) is 6.54 Å². The lowest BCUT2D eigenvalue weighted by atomic mass is 9.67. The molecule has 0 heterocycles. The van der Waals surface area contributed by atoms with Gasteiger partial charge in [-0.15, -0.1) is 0 Å². The molecule has 19 heavy (non-hydrogen) atoms. The number of rotatable bonds is 5. The molecule has 0 aliphatic heterocycles. The molecule has 0 unspecified atom stereocenters. The Morgan fingerprint density at radius 1 is 1.42 bits per heavy atom. The predicted octanol–water partition coefficient (Wildman–Crippen LogP) is 2.78. The predicted molar refractivity (Wildman–Crippen MR) is 77.6 cm³/mol. The first kappa shape index (κ1) is 14.6. The minimum absolute atomic E-state index is 0.144. The van der Waals surface area contributed by atoms with Crippen LogP contribution in [0.3, 0.4) is 0 Å². The Bertz CT molecular complexity index is 562. The van der Waals surface area contributed by atoms with E-state index in [0.717, 1.165) is 19.3 Å². The highest BCUT2D eigenvalue weighted by Gasteiger charge is 2.36. The molecule has 4 nitrogen and oxygen atoms in total. The van der Waals surface area contributed by atoms with Gasteiger partial charge in [0.15, 0.2) is 0 Å². The van der Waals surface area contributed by atoms with Crippen LogP contribution in [0.1, 0.15) is 32.6 Å². The zero-order valence-electron chi connectivity index (χ0n) is 10.9. The number of nitrogens with two attached hydrogens (primary N) is 1. The molecule has 106 valence electrons. The molecule has 0 aromatic heterocycles. The fourth-order valence-corrected chi connectivity index (χ4v) is 3.77. The van der Waals surface area contributed by atoms with E-state index < -0.39 is 10.0 Å². The molecular weight excluding hydrogens is 284 g/mol. The van der Waals surface area contributed by atoms with Crippen LogP contribution in [0.5, 0.6) is 0 Å². The maximum atomic E-state index is 12.2. The van der Waals surface area contributed by atoms with E-state index in [0.29, 0.717) is 12.2 Å². The number of sulfonamides is 1. The molecule has 0 bridgehead atoms. The molecule has 1 fully saturated rings. The third-order valence-corrected chi connectivity index (χ3v) is 5.81. The summed E-state index contributed by atoms with van der Waals surface area (Å²) in [6, 6.07) is 4.37. The highest BCUT2D eigenvalue weighted by molar-refractivity contribution is 7.89. The van der Waals surface area contributed by atoms with Crippen LogP contribution in [-0.4, -0.2) is 15.0 Å². The number of benzene rings is 1. The highest BCUT2D eigenvalue weighted by atomic mass is 35.5. The van der Waals surface area contributed by atoms with E-state index in [-0.39, 0.29) is 15.3 Å². The number of hydrogen-bond acceptors (Lipinski definition) is 3. The minimum Gasteiger partial charge on any atom is -0.398 e. The largest absolute Gasteiger partial charge is 0.398 e. The Morgan fingerprint density at radius 3 is 2.58 bits per heavy atom. The van der Waals surface area contributed by atoms with Crippen molar-refractivity contribution in [3.05, 3.63) is 23.2 Å². The average molecular weight is 303 g/mol.